The zero-order chi connectivity index (χ0) is 16.1. The van der Waals surface area contributed by atoms with Gasteiger partial charge in [0.05, 0.1) is 5.75 Å². The minimum atomic E-state index is -3.80. The number of carboxylic acid groups (broad SMARTS) is 1. The molecule has 2 aromatic rings. The zero-order valence-electron chi connectivity index (χ0n) is 11.1. The lowest BCUT2D eigenvalue weighted by atomic mass is 10.1. The molecule has 0 bridgehead atoms. The van der Waals surface area contributed by atoms with Crippen molar-refractivity contribution in [2.75, 3.05) is 5.75 Å². The number of fused-ring (bicyclic) bond motifs is 1. The Kier molecular flexibility index (Phi) is 3.24. The van der Waals surface area contributed by atoms with Crippen LogP contribution in [0.1, 0.15) is 16.8 Å². The van der Waals surface area contributed by atoms with Gasteiger partial charge in [-0.05, 0) is 18.6 Å². The van der Waals surface area contributed by atoms with Crippen LogP contribution in [0.5, 0.6) is 0 Å². The van der Waals surface area contributed by atoms with Gasteiger partial charge in [-0.15, -0.1) is 0 Å². The molecule has 0 saturated heterocycles. The second-order valence-corrected chi connectivity index (χ2v) is 6.88. The van der Waals surface area contributed by atoms with E-state index in [1.165, 1.54) is 0 Å². The number of aryl methyl sites for hydroxylation is 1. The summed E-state index contributed by atoms with van der Waals surface area (Å²) in [6.45, 7) is 0.220. The molecule has 0 amide bonds. The minimum Gasteiger partial charge on any atom is -0.478 e. The van der Waals surface area contributed by atoms with Gasteiger partial charge in [0.25, 0.3) is 0 Å². The van der Waals surface area contributed by atoms with Crippen molar-refractivity contribution in [3.8, 4) is 11.3 Å². The van der Waals surface area contributed by atoms with E-state index in [1.807, 2.05) is 0 Å². The molecule has 0 atom stereocenters. The highest BCUT2D eigenvalue weighted by molar-refractivity contribution is 7.91. The smallest absolute Gasteiger partial charge is 0.340 e. The molecule has 2 heterocycles. The van der Waals surface area contributed by atoms with E-state index in [-0.39, 0.29) is 23.6 Å². The molecule has 0 aliphatic carbocycles. The Bertz CT molecular complexity index is 890. The number of hydrogen-bond donors (Lipinski definition) is 1. The van der Waals surface area contributed by atoms with E-state index in [4.69, 9.17) is 0 Å². The molecule has 0 fully saturated rings. The average molecular weight is 328 g/mol. The normalized spacial score (nSPS) is 16.3. The Labute approximate surface area is 123 Å². The van der Waals surface area contributed by atoms with Crippen LogP contribution >= 0.6 is 0 Å². The van der Waals surface area contributed by atoms with E-state index >= 15 is 0 Å². The average Bonchev–Trinajstić information content (AvgIpc) is 2.79. The van der Waals surface area contributed by atoms with E-state index in [2.05, 4.69) is 5.10 Å². The lowest BCUT2D eigenvalue weighted by molar-refractivity contribution is 0.0692. The fraction of sp³-hybridized carbons (Fsp3) is 0.231. The molecule has 3 rings (SSSR count). The van der Waals surface area contributed by atoms with Crippen LogP contribution < -0.4 is 0 Å². The molecule has 9 heteroatoms. The fourth-order valence-corrected chi connectivity index (χ4v) is 4.13. The van der Waals surface area contributed by atoms with E-state index in [1.54, 1.807) is 0 Å². The Hall–Kier alpha value is -2.29. The third-order valence-corrected chi connectivity index (χ3v) is 5.21. The van der Waals surface area contributed by atoms with Gasteiger partial charge in [0, 0.05) is 18.2 Å². The predicted octanol–water partition coefficient (Wildman–Crippen LogP) is 1.70. The van der Waals surface area contributed by atoms with Crippen LogP contribution in [0.15, 0.2) is 23.2 Å². The molecule has 0 radical (unpaired) electrons. The first-order valence-corrected chi connectivity index (χ1v) is 7.99. The summed E-state index contributed by atoms with van der Waals surface area (Å²) in [7, 11) is -3.80. The molecule has 116 valence electrons. The molecule has 6 nitrogen and oxygen atoms in total. The summed E-state index contributed by atoms with van der Waals surface area (Å²) in [4.78, 5) is 11.5. The zero-order valence-corrected chi connectivity index (χ0v) is 11.9. The van der Waals surface area contributed by atoms with Crippen molar-refractivity contribution in [1.29, 1.82) is 0 Å². The summed E-state index contributed by atoms with van der Waals surface area (Å²) in [5, 5.41) is 12.8. The topological polar surface area (TPSA) is 89.3 Å². The van der Waals surface area contributed by atoms with Crippen molar-refractivity contribution < 1.29 is 27.1 Å². The highest BCUT2D eigenvalue weighted by Gasteiger charge is 2.35. The first kappa shape index (κ1) is 14.6. The van der Waals surface area contributed by atoms with Crippen molar-refractivity contribution in [3.05, 3.63) is 35.4 Å². The molecule has 22 heavy (non-hydrogen) atoms. The highest BCUT2D eigenvalue weighted by Crippen LogP contribution is 2.33. The van der Waals surface area contributed by atoms with Gasteiger partial charge in [0.2, 0.25) is 0 Å². The molecular formula is C13H10F2N2O4S. The van der Waals surface area contributed by atoms with E-state index < -0.39 is 38.0 Å². The predicted molar refractivity (Wildman–Crippen MR) is 71.2 cm³/mol. The van der Waals surface area contributed by atoms with Crippen molar-refractivity contribution in [2.45, 2.75) is 18.0 Å². The Balaban J connectivity index is 2.34. The van der Waals surface area contributed by atoms with Crippen molar-refractivity contribution in [1.82, 2.24) is 9.78 Å². The third kappa shape index (κ3) is 2.17. The molecule has 0 spiro atoms. The fourth-order valence-electron chi connectivity index (χ4n) is 2.48. The van der Waals surface area contributed by atoms with Crippen LogP contribution in [0, 0.1) is 11.6 Å². The molecule has 1 aromatic heterocycles. The Morgan fingerprint density at radius 1 is 1.32 bits per heavy atom. The number of aromatic nitrogens is 2. The lowest BCUT2D eigenvalue weighted by Crippen LogP contribution is -2.23. The van der Waals surface area contributed by atoms with Crippen LogP contribution in [0.4, 0.5) is 8.78 Å². The number of carbonyl (C=O) groups is 1. The van der Waals surface area contributed by atoms with Gasteiger partial charge in [-0.2, -0.15) is 5.10 Å². The summed E-state index contributed by atoms with van der Waals surface area (Å²) >= 11 is 0. The van der Waals surface area contributed by atoms with Gasteiger partial charge in [0.15, 0.2) is 14.9 Å². The molecule has 0 unspecified atom stereocenters. The molecule has 1 aliphatic rings. The van der Waals surface area contributed by atoms with Gasteiger partial charge in [0.1, 0.15) is 22.9 Å². The second kappa shape index (κ2) is 4.87. The first-order chi connectivity index (χ1) is 10.3. The van der Waals surface area contributed by atoms with E-state index in [9.17, 15) is 27.1 Å². The number of carboxylic acids is 1. The minimum absolute atomic E-state index is 0.190. The number of nitrogens with zero attached hydrogens (tertiary/aromatic N) is 2. The number of rotatable bonds is 2. The summed E-state index contributed by atoms with van der Waals surface area (Å²) in [5.41, 5.74) is -1.15. The largest absolute Gasteiger partial charge is 0.478 e. The van der Waals surface area contributed by atoms with Gasteiger partial charge in [-0.25, -0.2) is 22.0 Å². The monoisotopic (exact) mass is 328 g/mol. The van der Waals surface area contributed by atoms with Crippen LogP contribution in [0.3, 0.4) is 0 Å². The first-order valence-electron chi connectivity index (χ1n) is 6.33. The molecular weight excluding hydrogens is 318 g/mol. The van der Waals surface area contributed by atoms with E-state index in [0.717, 1.165) is 16.8 Å². The summed E-state index contributed by atoms with van der Waals surface area (Å²) < 4.78 is 52.2. The number of benzene rings is 1. The summed E-state index contributed by atoms with van der Waals surface area (Å²) in [6.07, 6.45) is 0.293. The molecule has 1 aromatic carbocycles. The standard InChI is InChI=1S/C13H10F2N2O4S/c14-7-2-3-8(9(15)6-7)11-10(13(18)19)12-17(16-11)4-1-5-22(12,20)21/h2-3,6H,1,4-5H2,(H,18,19). The Morgan fingerprint density at radius 2 is 2.05 bits per heavy atom. The van der Waals surface area contributed by atoms with Gasteiger partial charge in [-0.1, -0.05) is 0 Å². The van der Waals surface area contributed by atoms with Crippen LogP contribution in [-0.4, -0.2) is 35.0 Å². The lowest BCUT2D eigenvalue weighted by Gasteiger charge is -2.13. The van der Waals surface area contributed by atoms with Crippen molar-refractivity contribution >= 4 is 15.8 Å². The molecule has 1 N–H and O–H groups in total. The Morgan fingerprint density at radius 3 is 2.68 bits per heavy atom. The number of halogens is 2. The van der Waals surface area contributed by atoms with E-state index in [0.29, 0.717) is 12.5 Å². The highest BCUT2D eigenvalue weighted by atomic mass is 32.2. The van der Waals surface area contributed by atoms with Crippen LogP contribution in [0.25, 0.3) is 11.3 Å². The number of aromatic carboxylic acids is 1. The SMILES string of the molecule is O=C(O)c1c(-c2ccc(F)cc2F)nn2c1S(=O)(=O)CCC2. The summed E-state index contributed by atoms with van der Waals surface area (Å²) in [5.74, 6) is -3.54. The second-order valence-electron chi connectivity index (χ2n) is 4.85. The van der Waals surface area contributed by atoms with Gasteiger partial charge < -0.3 is 5.11 Å². The maximum Gasteiger partial charge on any atom is 0.340 e. The van der Waals surface area contributed by atoms with Gasteiger partial charge in [-0.3, -0.25) is 4.68 Å². The quantitative estimate of drug-likeness (QED) is 0.906. The number of hydrogen-bond acceptors (Lipinski definition) is 4. The van der Waals surface area contributed by atoms with Gasteiger partial charge >= 0.3 is 5.97 Å². The van der Waals surface area contributed by atoms with Crippen LogP contribution in [-0.2, 0) is 16.4 Å². The molecule has 0 saturated carbocycles. The maximum atomic E-state index is 13.9. The maximum absolute atomic E-state index is 13.9. The number of sulfone groups is 1. The van der Waals surface area contributed by atoms with Crippen LogP contribution in [0.2, 0.25) is 0 Å². The third-order valence-electron chi connectivity index (χ3n) is 3.38. The van der Waals surface area contributed by atoms with Crippen molar-refractivity contribution in [3.63, 3.8) is 0 Å². The molecule has 1 aliphatic heterocycles. The van der Waals surface area contributed by atoms with Crippen molar-refractivity contribution in [2.24, 2.45) is 0 Å². The summed E-state index contributed by atoms with van der Waals surface area (Å²) in [6, 6.07) is 2.59.